The largest absolute Gasteiger partial charge is 0.493 e. The van der Waals surface area contributed by atoms with Crippen LogP contribution < -0.4 is 9.47 Å². The van der Waals surface area contributed by atoms with E-state index in [0.717, 1.165) is 12.5 Å². The van der Waals surface area contributed by atoms with E-state index in [9.17, 15) is 4.79 Å². The maximum atomic E-state index is 10.6. The van der Waals surface area contributed by atoms with E-state index in [1.165, 1.54) is 6.08 Å². The zero-order valence-corrected chi connectivity index (χ0v) is 11.1. The number of rotatable bonds is 8. The molecular formula is C14H18O5. The van der Waals surface area contributed by atoms with Gasteiger partial charge in [0.25, 0.3) is 0 Å². The molecule has 0 amide bonds. The quantitative estimate of drug-likeness (QED) is 0.577. The lowest BCUT2D eigenvalue weighted by atomic mass is 10.1. The van der Waals surface area contributed by atoms with Gasteiger partial charge in [0.15, 0.2) is 11.5 Å². The van der Waals surface area contributed by atoms with Crippen LogP contribution in [0.2, 0.25) is 0 Å². The van der Waals surface area contributed by atoms with Crippen molar-refractivity contribution in [3.63, 3.8) is 0 Å². The van der Waals surface area contributed by atoms with Crippen molar-refractivity contribution in [2.75, 3.05) is 27.4 Å². The first kappa shape index (κ1) is 15.0. The minimum absolute atomic E-state index is 0.474. The number of aliphatic carboxylic acids is 1. The third kappa shape index (κ3) is 5.01. The maximum Gasteiger partial charge on any atom is 0.328 e. The summed E-state index contributed by atoms with van der Waals surface area (Å²) in [6.45, 7) is 1.08. The highest BCUT2D eigenvalue weighted by Crippen LogP contribution is 2.32. The molecule has 0 atom stereocenters. The van der Waals surface area contributed by atoms with Gasteiger partial charge in [0.2, 0.25) is 0 Å². The second-order valence-electron chi connectivity index (χ2n) is 3.75. The summed E-state index contributed by atoms with van der Waals surface area (Å²) in [5.41, 5.74) is 0.666. The molecule has 0 spiro atoms. The summed E-state index contributed by atoms with van der Waals surface area (Å²) in [4.78, 5) is 10.6. The van der Waals surface area contributed by atoms with Crippen molar-refractivity contribution in [3.05, 3.63) is 29.8 Å². The molecule has 0 aliphatic rings. The minimum atomic E-state index is -1.01. The Bertz CT molecular complexity index is 439. The Hall–Kier alpha value is -2.01. The van der Waals surface area contributed by atoms with Crippen molar-refractivity contribution in [1.29, 1.82) is 0 Å². The SMILES string of the molecule is COCCCOc1c(/C=C/C(=O)O)cccc1OC. The van der Waals surface area contributed by atoms with E-state index >= 15 is 0 Å². The zero-order valence-electron chi connectivity index (χ0n) is 11.1. The van der Waals surface area contributed by atoms with Crippen molar-refractivity contribution in [1.82, 2.24) is 0 Å². The van der Waals surface area contributed by atoms with Gasteiger partial charge in [-0.05, 0) is 12.1 Å². The van der Waals surface area contributed by atoms with Crippen molar-refractivity contribution in [2.24, 2.45) is 0 Å². The fourth-order valence-corrected chi connectivity index (χ4v) is 1.52. The second-order valence-corrected chi connectivity index (χ2v) is 3.75. The molecule has 0 fully saturated rings. The van der Waals surface area contributed by atoms with Crippen LogP contribution in [0, 0.1) is 0 Å². The molecule has 0 unspecified atom stereocenters. The van der Waals surface area contributed by atoms with Gasteiger partial charge in [0.1, 0.15) is 0 Å². The molecule has 0 radical (unpaired) electrons. The highest BCUT2D eigenvalue weighted by molar-refractivity contribution is 5.86. The Balaban J connectivity index is 2.86. The molecule has 0 aromatic heterocycles. The van der Waals surface area contributed by atoms with Crippen molar-refractivity contribution in [3.8, 4) is 11.5 Å². The van der Waals surface area contributed by atoms with E-state index in [1.54, 1.807) is 32.4 Å². The number of methoxy groups -OCH3 is 2. The van der Waals surface area contributed by atoms with Crippen molar-refractivity contribution < 1.29 is 24.1 Å². The monoisotopic (exact) mass is 266 g/mol. The van der Waals surface area contributed by atoms with Crippen LogP contribution in [-0.2, 0) is 9.53 Å². The van der Waals surface area contributed by atoms with E-state index in [0.29, 0.717) is 30.3 Å². The van der Waals surface area contributed by atoms with Crippen LogP contribution in [0.1, 0.15) is 12.0 Å². The molecule has 104 valence electrons. The number of ether oxygens (including phenoxy) is 3. The smallest absolute Gasteiger partial charge is 0.328 e. The molecule has 1 aromatic carbocycles. The fraction of sp³-hybridized carbons (Fsp3) is 0.357. The van der Waals surface area contributed by atoms with Crippen LogP contribution in [0.4, 0.5) is 0 Å². The van der Waals surface area contributed by atoms with Gasteiger partial charge in [-0.25, -0.2) is 4.79 Å². The Morgan fingerprint density at radius 1 is 1.32 bits per heavy atom. The highest BCUT2D eigenvalue weighted by Gasteiger charge is 2.08. The van der Waals surface area contributed by atoms with Crippen LogP contribution in [0.5, 0.6) is 11.5 Å². The Labute approximate surface area is 112 Å². The first-order valence-electron chi connectivity index (χ1n) is 5.88. The number of carboxylic acids is 1. The van der Waals surface area contributed by atoms with E-state index in [4.69, 9.17) is 19.3 Å². The number of para-hydroxylation sites is 1. The lowest BCUT2D eigenvalue weighted by Crippen LogP contribution is -2.04. The number of carboxylic acid groups (broad SMARTS) is 1. The molecular weight excluding hydrogens is 248 g/mol. The van der Waals surface area contributed by atoms with Crippen LogP contribution in [0.3, 0.4) is 0 Å². The Kier molecular flexibility index (Phi) is 6.46. The van der Waals surface area contributed by atoms with Gasteiger partial charge in [-0.2, -0.15) is 0 Å². The fourth-order valence-electron chi connectivity index (χ4n) is 1.52. The molecule has 0 aliphatic carbocycles. The van der Waals surface area contributed by atoms with Gasteiger partial charge in [-0.3, -0.25) is 0 Å². The molecule has 0 heterocycles. The third-order valence-corrected chi connectivity index (χ3v) is 2.37. The van der Waals surface area contributed by atoms with Crippen LogP contribution >= 0.6 is 0 Å². The van der Waals surface area contributed by atoms with Crippen LogP contribution in [0.25, 0.3) is 6.08 Å². The Morgan fingerprint density at radius 2 is 2.11 bits per heavy atom. The van der Waals surface area contributed by atoms with Crippen molar-refractivity contribution in [2.45, 2.75) is 6.42 Å². The number of carbonyl (C=O) groups is 1. The van der Waals surface area contributed by atoms with Gasteiger partial charge in [0.05, 0.1) is 13.7 Å². The molecule has 5 heteroatoms. The van der Waals surface area contributed by atoms with Crippen molar-refractivity contribution >= 4 is 12.0 Å². The topological polar surface area (TPSA) is 65.0 Å². The summed E-state index contributed by atoms with van der Waals surface area (Å²) < 4.78 is 15.8. The summed E-state index contributed by atoms with van der Waals surface area (Å²) >= 11 is 0. The molecule has 19 heavy (non-hydrogen) atoms. The average molecular weight is 266 g/mol. The van der Waals surface area contributed by atoms with Crippen LogP contribution in [0.15, 0.2) is 24.3 Å². The van der Waals surface area contributed by atoms with Gasteiger partial charge >= 0.3 is 5.97 Å². The zero-order chi connectivity index (χ0) is 14.1. The second kappa shape index (κ2) is 8.16. The summed E-state index contributed by atoms with van der Waals surface area (Å²) in [5.74, 6) is 0.108. The number of benzene rings is 1. The molecule has 0 saturated carbocycles. The van der Waals surface area contributed by atoms with E-state index < -0.39 is 5.97 Å². The maximum absolute atomic E-state index is 10.6. The molecule has 5 nitrogen and oxygen atoms in total. The van der Waals surface area contributed by atoms with E-state index in [-0.39, 0.29) is 0 Å². The number of hydrogen-bond acceptors (Lipinski definition) is 4. The summed E-state index contributed by atoms with van der Waals surface area (Å²) in [6, 6.07) is 5.32. The van der Waals surface area contributed by atoms with Gasteiger partial charge in [-0.15, -0.1) is 0 Å². The minimum Gasteiger partial charge on any atom is -0.493 e. The third-order valence-electron chi connectivity index (χ3n) is 2.37. The molecule has 1 aromatic rings. The highest BCUT2D eigenvalue weighted by atomic mass is 16.5. The predicted octanol–water partition coefficient (Wildman–Crippen LogP) is 2.21. The van der Waals surface area contributed by atoms with E-state index in [1.807, 2.05) is 0 Å². The molecule has 0 aliphatic heterocycles. The molecule has 0 saturated heterocycles. The van der Waals surface area contributed by atoms with Gasteiger partial charge in [-0.1, -0.05) is 12.1 Å². The van der Waals surface area contributed by atoms with Gasteiger partial charge in [0, 0.05) is 31.8 Å². The van der Waals surface area contributed by atoms with Crippen LogP contribution in [-0.4, -0.2) is 38.5 Å². The lowest BCUT2D eigenvalue weighted by molar-refractivity contribution is -0.131. The van der Waals surface area contributed by atoms with E-state index in [2.05, 4.69) is 0 Å². The number of hydrogen-bond donors (Lipinski definition) is 1. The van der Waals surface area contributed by atoms with Gasteiger partial charge < -0.3 is 19.3 Å². The molecule has 1 N–H and O–H groups in total. The molecule has 1 rings (SSSR count). The Morgan fingerprint density at radius 3 is 2.74 bits per heavy atom. The summed E-state index contributed by atoms with van der Waals surface area (Å²) in [6.07, 6.45) is 3.30. The average Bonchev–Trinajstić information content (AvgIpc) is 2.41. The summed E-state index contributed by atoms with van der Waals surface area (Å²) in [7, 11) is 3.17. The lowest BCUT2D eigenvalue weighted by Gasteiger charge is -2.13. The normalized spacial score (nSPS) is 10.6. The summed E-state index contributed by atoms with van der Waals surface area (Å²) in [5, 5.41) is 8.66. The first-order valence-corrected chi connectivity index (χ1v) is 5.88. The predicted molar refractivity (Wildman–Crippen MR) is 71.7 cm³/mol. The standard InChI is InChI=1S/C14H18O5/c1-17-9-4-10-19-14-11(7-8-13(15)16)5-3-6-12(14)18-2/h3,5-8H,4,9-10H2,1-2H3,(H,15,16)/b8-7+. The molecule has 0 bridgehead atoms. The first-order chi connectivity index (χ1) is 9.19.